The number of piperazine rings is 1. The van der Waals surface area contributed by atoms with Crippen LogP contribution in [0.1, 0.15) is 38.2 Å². The number of hydrogen-bond acceptors (Lipinski definition) is 5. The van der Waals surface area contributed by atoms with E-state index in [0.29, 0.717) is 13.0 Å². The molecule has 6 heteroatoms. The number of hydrogen-bond donors (Lipinski definition) is 0. The topological polar surface area (TPSA) is 48.9 Å². The van der Waals surface area contributed by atoms with Crippen LogP contribution in [0.15, 0.2) is 54.7 Å². The van der Waals surface area contributed by atoms with Crippen molar-refractivity contribution in [2.24, 2.45) is 0 Å². The van der Waals surface area contributed by atoms with E-state index in [0.717, 1.165) is 71.0 Å². The molecule has 3 heterocycles. The molecule has 2 fully saturated rings. The highest BCUT2D eigenvalue weighted by atomic mass is 16.5. The number of benzene rings is 1. The van der Waals surface area contributed by atoms with Gasteiger partial charge >= 0.3 is 0 Å². The van der Waals surface area contributed by atoms with E-state index in [1.54, 1.807) is 6.20 Å². The van der Waals surface area contributed by atoms with Crippen LogP contribution >= 0.6 is 0 Å². The van der Waals surface area contributed by atoms with E-state index in [4.69, 9.17) is 4.74 Å². The third-order valence-electron chi connectivity index (χ3n) is 6.92. The second kappa shape index (κ2) is 11.0. The standard InChI is InChI=1S/C26H36N4O2/c1-2-25(31)30(24-11-6-7-14-27-24)22-26(12-8-19-32-20-13-26)29-17-15-28(16-18-29)21-23-9-4-3-5-10-23/h3-7,9-11,14H,2,8,12-13,15-22H2,1H3. The van der Waals surface area contributed by atoms with Crippen molar-refractivity contribution in [2.75, 3.05) is 50.8 Å². The molecule has 1 amide bonds. The molecular formula is C26H36N4O2. The summed E-state index contributed by atoms with van der Waals surface area (Å²) in [6.07, 6.45) is 5.28. The van der Waals surface area contributed by atoms with Gasteiger partial charge in [-0.2, -0.15) is 0 Å². The number of rotatable bonds is 7. The molecule has 2 aliphatic heterocycles. The summed E-state index contributed by atoms with van der Waals surface area (Å²) >= 11 is 0. The lowest BCUT2D eigenvalue weighted by Gasteiger charge is -2.49. The average Bonchev–Trinajstić information content (AvgIpc) is 3.10. The smallest absolute Gasteiger partial charge is 0.227 e. The summed E-state index contributed by atoms with van der Waals surface area (Å²) in [6.45, 7) is 9.29. The van der Waals surface area contributed by atoms with E-state index >= 15 is 0 Å². The van der Waals surface area contributed by atoms with Crippen LogP contribution in [-0.2, 0) is 16.1 Å². The molecule has 0 N–H and O–H groups in total. The minimum atomic E-state index is -0.0717. The molecule has 0 spiro atoms. The van der Waals surface area contributed by atoms with Crippen LogP contribution in [0.2, 0.25) is 0 Å². The SMILES string of the molecule is CCC(=O)N(CC1(N2CCN(Cc3ccccc3)CC2)CCCOCC1)c1ccccn1. The molecule has 1 aromatic carbocycles. The zero-order valence-electron chi connectivity index (χ0n) is 19.3. The maximum Gasteiger partial charge on any atom is 0.227 e. The number of aromatic nitrogens is 1. The summed E-state index contributed by atoms with van der Waals surface area (Å²) in [5.41, 5.74) is 1.30. The van der Waals surface area contributed by atoms with Gasteiger partial charge in [-0.05, 0) is 37.0 Å². The first-order valence-corrected chi connectivity index (χ1v) is 12.0. The largest absolute Gasteiger partial charge is 0.381 e. The molecule has 2 aromatic rings. The Morgan fingerprint density at radius 1 is 1.03 bits per heavy atom. The van der Waals surface area contributed by atoms with Crippen molar-refractivity contribution in [3.63, 3.8) is 0 Å². The predicted molar refractivity (Wildman–Crippen MR) is 128 cm³/mol. The van der Waals surface area contributed by atoms with Gasteiger partial charge in [-0.25, -0.2) is 4.98 Å². The minimum Gasteiger partial charge on any atom is -0.381 e. The summed E-state index contributed by atoms with van der Waals surface area (Å²) in [7, 11) is 0. The van der Waals surface area contributed by atoms with Gasteiger partial charge in [0.15, 0.2) is 0 Å². The van der Waals surface area contributed by atoms with Crippen molar-refractivity contribution in [1.82, 2.24) is 14.8 Å². The quantitative estimate of drug-likeness (QED) is 0.664. The van der Waals surface area contributed by atoms with E-state index < -0.39 is 0 Å². The third kappa shape index (κ3) is 5.55. The lowest BCUT2D eigenvalue weighted by Crippen LogP contribution is -2.62. The number of anilines is 1. The van der Waals surface area contributed by atoms with Gasteiger partial charge < -0.3 is 4.74 Å². The fourth-order valence-corrected chi connectivity index (χ4v) is 5.08. The Hall–Kier alpha value is -2.28. The Morgan fingerprint density at radius 2 is 1.81 bits per heavy atom. The van der Waals surface area contributed by atoms with Crippen LogP contribution in [0.25, 0.3) is 0 Å². The molecule has 0 aliphatic carbocycles. The predicted octanol–water partition coefficient (Wildman–Crippen LogP) is 3.58. The van der Waals surface area contributed by atoms with Crippen molar-refractivity contribution >= 4 is 11.7 Å². The highest BCUT2D eigenvalue weighted by Crippen LogP contribution is 2.32. The lowest BCUT2D eigenvalue weighted by molar-refractivity contribution is -0.119. The van der Waals surface area contributed by atoms with Gasteiger partial charge in [0.2, 0.25) is 5.91 Å². The van der Waals surface area contributed by atoms with Gasteiger partial charge in [-0.15, -0.1) is 0 Å². The zero-order valence-corrected chi connectivity index (χ0v) is 19.3. The van der Waals surface area contributed by atoms with Crippen molar-refractivity contribution in [2.45, 2.75) is 44.7 Å². The minimum absolute atomic E-state index is 0.0717. The van der Waals surface area contributed by atoms with Crippen molar-refractivity contribution < 1.29 is 9.53 Å². The molecule has 1 unspecified atom stereocenters. The first-order valence-electron chi connectivity index (χ1n) is 12.0. The Labute approximate surface area is 192 Å². The summed E-state index contributed by atoms with van der Waals surface area (Å²) in [6, 6.07) is 16.5. The van der Waals surface area contributed by atoms with Crippen LogP contribution in [0, 0.1) is 0 Å². The second-order valence-electron chi connectivity index (χ2n) is 8.96. The molecule has 0 radical (unpaired) electrons. The zero-order chi connectivity index (χ0) is 22.2. The van der Waals surface area contributed by atoms with Crippen LogP contribution in [-0.4, -0.2) is 72.2 Å². The van der Waals surface area contributed by atoms with Crippen LogP contribution in [0.4, 0.5) is 5.82 Å². The summed E-state index contributed by atoms with van der Waals surface area (Å²) in [4.78, 5) is 24.6. The van der Waals surface area contributed by atoms with E-state index in [-0.39, 0.29) is 11.4 Å². The van der Waals surface area contributed by atoms with Gasteiger partial charge in [0.05, 0.1) is 0 Å². The molecule has 1 atom stereocenters. The second-order valence-corrected chi connectivity index (χ2v) is 8.96. The third-order valence-corrected chi connectivity index (χ3v) is 6.92. The monoisotopic (exact) mass is 436 g/mol. The fraction of sp³-hybridized carbons (Fsp3) is 0.538. The average molecular weight is 437 g/mol. The van der Waals surface area contributed by atoms with E-state index in [9.17, 15) is 4.79 Å². The first kappa shape index (κ1) is 22.9. The molecule has 6 nitrogen and oxygen atoms in total. The molecular weight excluding hydrogens is 400 g/mol. The summed E-state index contributed by atoms with van der Waals surface area (Å²) in [5, 5.41) is 0. The molecule has 2 aliphatic rings. The lowest BCUT2D eigenvalue weighted by atomic mass is 9.86. The molecule has 32 heavy (non-hydrogen) atoms. The van der Waals surface area contributed by atoms with E-state index in [1.807, 2.05) is 30.0 Å². The van der Waals surface area contributed by atoms with Gasteiger partial charge in [-0.1, -0.05) is 43.3 Å². The van der Waals surface area contributed by atoms with E-state index in [2.05, 4.69) is 45.1 Å². The van der Waals surface area contributed by atoms with Crippen molar-refractivity contribution in [1.29, 1.82) is 0 Å². The van der Waals surface area contributed by atoms with Crippen LogP contribution < -0.4 is 4.90 Å². The van der Waals surface area contributed by atoms with Crippen molar-refractivity contribution in [3.8, 4) is 0 Å². The first-order chi connectivity index (χ1) is 15.7. The maximum absolute atomic E-state index is 13.0. The number of pyridine rings is 1. The highest BCUT2D eigenvalue weighted by Gasteiger charge is 2.41. The summed E-state index contributed by atoms with van der Waals surface area (Å²) < 4.78 is 5.86. The Kier molecular flexibility index (Phi) is 7.90. The van der Waals surface area contributed by atoms with Gasteiger partial charge in [0.25, 0.3) is 0 Å². The number of ether oxygens (including phenoxy) is 1. The number of amides is 1. The number of carbonyl (C=O) groups excluding carboxylic acids is 1. The molecule has 0 bridgehead atoms. The maximum atomic E-state index is 13.0. The highest BCUT2D eigenvalue weighted by molar-refractivity contribution is 5.92. The molecule has 2 saturated heterocycles. The van der Waals surface area contributed by atoms with Crippen LogP contribution in [0.5, 0.6) is 0 Å². The fourth-order valence-electron chi connectivity index (χ4n) is 5.08. The molecule has 0 saturated carbocycles. The summed E-state index contributed by atoms with van der Waals surface area (Å²) in [5.74, 6) is 0.891. The number of carbonyl (C=O) groups is 1. The molecule has 4 rings (SSSR count). The normalized spacial score (nSPS) is 22.9. The Bertz CT molecular complexity index is 829. The molecule has 172 valence electrons. The Balaban J connectivity index is 1.50. The van der Waals surface area contributed by atoms with Gasteiger partial charge in [-0.3, -0.25) is 19.5 Å². The molecule has 1 aromatic heterocycles. The van der Waals surface area contributed by atoms with E-state index in [1.165, 1.54) is 5.56 Å². The van der Waals surface area contributed by atoms with Crippen LogP contribution in [0.3, 0.4) is 0 Å². The number of nitrogens with zero attached hydrogens (tertiary/aromatic N) is 4. The van der Waals surface area contributed by atoms with Gasteiger partial charge in [0.1, 0.15) is 5.82 Å². The van der Waals surface area contributed by atoms with Crippen molar-refractivity contribution in [3.05, 3.63) is 60.3 Å². The Morgan fingerprint density at radius 3 is 2.53 bits per heavy atom. The van der Waals surface area contributed by atoms with Gasteiger partial charge in [0, 0.05) is 70.6 Å².